The Labute approximate surface area is 182 Å². The SMILES string of the molecule is COc1ccc(C(=O)N[C@@H]2C[C@]3(CCC(=O)N(C)CC3)Oc3ccccc32)cc1OC. The molecule has 31 heavy (non-hydrogen) atoms. The number of hydrogen-bond donors (Lipinski definition) is 1. The predicted octanol–water partition coefficient (Wildman–Crippen LogP) is 3.34. The van der Waals surface area contributed by atoms with Crippen molar-refractivity contribution in [3.8, 4) is 17.2 Å². The third-order valence-electron chi connectivity index (χ3n) is 6.27. The van der Waals surface area contributed by atoms with Crippen LogP contribution in [0.25, 0.3) is 0 Å². The number of carbonyl (C=O) groups is 2. The fourth-order valence-corrected chi connectivity index (χ4v) is 4.42. The first-order chi connectivity index (χ1) is 14.9. The van der Waals surface area contributed by atoms with Gasteiger partial charge in [0.2, 0.25) is 5.91 Å². The predicted molar refractivity (Wildman–Crippen MR) is 116 cm³/mol. The third kappa shape index (κ3) is 4.17. The normalized spacial score (nSPS) is 22.9. The fourth-order valence-electron chi connectivity index (χ4n) is 4.42. The van der Waals surface area contributed by atoms with Crippen molar-refractivity contribution >= 4 is 11.8 Å². The number of ether oxygens (including phenoxy) is 3. The summed E-state index contributed by atoms with van der Waals surface area (Å²) in [4.78, 5) is 27.1. The molecule has 1 fully saturated rings. The number of nitrogens with one attached hydrogen (secondary N) is 1. The molecule has 2 aliphatic heterocycles. The third-order valence-corrected chi connectivity index (χ3v) is 6.27. The number of likely N-dealkylation sites (tertiary alicyclic amines) is 1. The number of rotatable bonds is 4. The Bertz CT molecular complexity index is 992. The van der Waals surface area contributed by atoms with Crippen LogP contribution in [0.5, 0.6) is 17.2 Å². The Morgan fingerprint density at radius 2 is 1.90 bits per heavy atom. The highest BCUT2D eigenvalue weighted by Crippen LogP contribution is 2.44. The standard InChI is InChI=1S/C24H28N2O5/c1-26-13-12-24(11-10-22(26)27)15-18(17-6-4-5-7-19(17)31-24)25-23(28)16-8-9-20(29-2)21(14-16)30-3/h4-9,14,18H,10-13,15H2,1-3H3,(H,25,28)/t18-,24-/m1/s1. The average molecular weight is 424 g/mol. The van der Waals surface area contributed by atoms with Crippen molar-refractivity contribution in [2.24, 2.45) is 0 Å². The van der Waals surface area contributed by atoms with E-state index < -0.39 is 5.60 Å². The lowest BCUT2D eigenvalue weighted by Gasteiger charge is -2.42. The van der Waals surface area contributed by atoms with Crippen LogP contribution in [0, 0.1) is 0 Å². The second-order valence-electron chi connectivity index (χ2n) is 8.19. The van der Waals surface area contributed by atoms with Gasteiger partial charge in [0, 0.05) is 44.0 Å². The molecule has 1 spiro atoms. The zero-order valence-corrected chi connectivity index (χ0v) is 18.1. The zero-order valence-electron chi connectivity index (χ0n) is 18.1. The summed E-state index contributed by atoms with van der Waals surface area (Å²) in [5, 5.41) is 3.18. The molecule has 2 amide bonds. The highest BCUT2D eigenvalue weighted by atomic mass is 16.5. The molecule has 0 saturated carbocycles. The van der Waals surface area contributed by atoms with Crippen LogP contribution in [0.3, 0.4) is 0 Å². The van der Waals surface area contributed by atoms with Crippen LogP contribution < -0.4 is 19.5 Å². The molecule has 2 aliphatic rings. The van der Waals surface area contributed by atoms with E-state index in [0.29, 0.717) is 42.9 Å². The summed E-state index contributed by atoms with van der Waals surface area (Å²) in [6, 6.07) is 12.7. The maximum atomic E-state index is 13.1. The molecule has 1 saturated heterocycles. The van der Waals surface area contributed by atoms with E-state index >= 15 is 0 Å². The van der Waals surface area contributed by atoms with Crippen molar-refractivity contribution in [3.63, 3.8) is 0 Å². The van der Waals surface area contributed by atoms with Crippen molar-refractivity contribution in [1.29, 1.82) is 0 Å². The van der Waals surface area contributed by atoms with Crippen LogP contribution in [-0.2, 0) is 4.79 Å². The van der Waals surface area contributed by atoms with Gasteiger partial charge in [-0.15, -0.1) is 0 Å². The maximum Gasteiger partial charge on any atom is 0.251 e. The van der Waals surface area contributed by atoms with Crippen LogP contribution >= 0.6 is 0 Å². The summed E-state index contributed by atoms with van der Waals surface area (Å²) in [7, 11) is 4.93. The molecule has 0 bridgehead atoms. The summed E-state index contributed by atoms with van der Waals surface area (Å²) in [5.41, 5.74) is 0.960. The minimum absolute atomic E-state index is 0.130. The molecule has 0 radical (unpaired) electrons. The highest BCUT2D eigenvalue weighted by molar-refractivity contribution is 5.95. The molecule has 7 heteroatoms. The molecule has 164 valence electrons. The Morgan fingerprint density at radius 1 is 1.13 bits per heavy atom. The van der Waals surface area contributed by atoms with E-state index in [1.807, 2.05) is 31.3 Å². The van der Waals surface area contributed by atoms with E-state index in [9.17, 15) is 9.59 Å². The van der Waals surface area contributed by atoms with Gasteiger partial charge in [-0.2, -0.15) is 0 Å². The van der Waals surface area contributed by atoms with Crippen LogP contribution in [0.4, 0.5) is 0 Å². The van der Waals surface area contributed by atoms with Crippen molar-refractivity contribution in [1.82, 2.24) is 10.2 Å². The van der Waals surface area contributed by atoms with Gasteiger partial charge in [-0.1, -0.05) is 18.2 Å². The monoisotopic (exact) mass is 424 g/mol. The summed E-state index contributed by atoms with van der Waals surface area (Å²) in [6.45, 7) is 0.636. The van der Waals surface area contributed by atoms with Gasteiger partial charge in [0.1, 0.15) is 11.4 Å². The summed E-state index contributed by atoms with van der Waals surface area (Å²) in [5.74, 6) is 1.78. The molecule has 4 rings (SSSR count). The molecule has 2 heterocycles. The minimum atomic E-state index is -0.482. The Hall–Kier alpha value is -3.22. The summed E-state index contributed by atoms with van der Waals surface area (Å²) in [6.07, 6.45) is 2.42. The second-order valence-corrected chi connectivity index (χ2v) is 8.19. The number of para-hydroxylation sites is 1. The zero-order chi connectivity index (χ0) is 22.0. The number of benzene rings is 2. The van der Waals surface area contributed by atoms with E-state index in [2.05, 4.69) is 5.32 Å². The van der Waals surface area contributed by atoms with Crippen LogP contribution in [0.15, 0.2) is 42.5 Å². The van der Waals surface area contributed by atoms with Gasteiger partial charge in [-0.25, -0.2) is 0 Å². The van der Waals surface area contributed by atoms with Gasteiger partial charge in [0.05, 0.1) is 20.3 Å². The molecule has 1 N–H and O–H groups in total. The van der Waals surface area contributed by atoms with Crippen LogP contribution in [0.1, 0.15) is 47.6 Å². The number of fused-ring (bicyclic) bond motifs is 1. The first-order valence-corrected chi connectivity index (χ1v) is 10.5. The van der Waals surface area contributed by atoms with Crippen LogP contribution in [-0.4, -0.2) is 50.1 Å². The maximum absolute atomic E-state index is 13.1. The number of nitrogens with zero attached hydrogens (tertiary/aromatic N) is 1. The van der Waals surface area contributed by atoms with Crippen LogP contribution in [0.2, 0.25) is 0 Å². The summed E-state index contributed by atoms with van der Waals surface area (Å²) < 4.78 is 17.1. The molecule has 0 aromatic heterocycles. The van der Waals surface area contributed by atoms with Crippen molar-refractivity contribution in [2.75, 3.05) is 27.8 Å². The van der Waals surface area contributed by atoms with Gasteiger partial charge >= 0.3 is 0 Å². The van der Waals surface area contributed by atoms with Gasteiger partial charge in [0.25, 0.3) is 5.91 Å². The number of carbonyl (C=O) groups excluding carboxylic acids is 2. The van der Waals surface area contributed by atoms with E-state index in [0.717, 1.165) is 17.7 Å². The van der Waals surface area contributed by atoms with E-state index in [4.69, 9.17) is 14.2 Å². The first kappa shape index (κ1) is 21.0. The molecule has 2 aromatic rings. The summed E-state index contributed by atoms with van der Waals surface area (Å²) >= 11 is 0. The molecule has 2 atom stereocenters. The Morgan fingerprint density at radius 3 is 2.68 bits per heavy atom. The Balaban J connectivity index is 1.61. The van der Waals surface area contributed by atoms with E-state index in [1.54, 1.807) is 37.3 Å². The lowest BCUT2D eigenvalue weighted by Crippen LogP contribution is -2.45. The molecular weight excluding hydrogens is 396 g/mol. The smallest absolute Gasteiger partial charge is 0.251 e. The van der Waals surface area contributed by atoms with Gasteiger partial charge in [-0.3, -0.25) is 9.59 Å². The topological polar surface area (TPSA) is 77.1 Å². The molecular formula is C24H28N2O5. The molecule has 0 aliphatic carbocycles. The molecule has 2 aromatic carbocycles. The molecule has 7 nitrogen and oxygen atoms in total. The largest absolute Gasteiger partial charge is 0.493 e. The van der Waals surface area contributed by atoms with E-state index in [1.165, 1.54) is 0 Å². The Kier molecular flexibility index (Phi) is 5.76. The first-order valence-electron chi connectivity index (χ1n) is 10.5. The number of amides is 2. The van der Waals surface area contributed by atoms with Crippen molar-refractivity contribution in [3.05, 3.63) is 53.6 Å². The number of hydrogen-bond acceptors (Lipinski definition) is 5. The minimum Gasteiger partial charge on any atom is -0.493 e. The lowest BCUT2D eigenvalue weighted by molar-refractivity contribution is -0.129. The average Bonchev–Trinajstić information content (AvgIpc) is 2.92. The quantitative estimate of drug-likeness (QED) is 0.815. The van der Waals surface area contributed by atoms with Crippen molar-refractivity contribution in [2.45, 2.75) is 37.3 Å². The van der Waals surface area contributed by atoms with Gasteiger partial charge in [-0.05, 0) is 30.7 Å². The van der Waals surface area contributed by atoms with Gasteiger partial charge in [0.15, 0.2) is 11.5 Å². The fraction of sp³-hybridized carbons (Fsp3) is 0.417. The second kappa shape index (κ2) is 8.49. The highest BCUT2D eigenvalue weighted by Gasteiger charge is 2.43. The lowest BCUT2D eigenvalue weighted by atomic mass is 9.82. The van der Waals surface area contributed by atoms with Gasteiger partial charge < -0.3 is 24.4 Å². The van der Waals surface area contributed by atoms with E-state index in [-0.39, 0.29) is 17.9 Å². The number of methoxy groups -OCH3 is 2. The van der Waals surface area contributed by atoms with Crippen molar-refractivity contribution < 1.29 is 23.8 Å². The molecule has 0 unspecified atom stereocenters.